The summed E-state index contributed by atoms with van der Waals surface area (Å²) in [6, 6.07) is 0. The molecule has 0 spiro atoms. The average molecular weight is 919 g/mol. The summed E-state index contributed by atoms with van der Waals surface area (Å²) in [4.78, 5) is 14.1. The molecule has 0 saturated carbocycles. The van der Waals surface area contributed by atoms with E-state index in [0.717, 1.165) is 25.9 Å². The fourth-order valence-corrected chi connectivity index (χ4v) is 10.4. The molecule has 0 saturated heterocycles. The van der Waals surface area contributed by atoms with Gasteiger partial charge in [0.25, 0.3) is 5.24 Å². The Hall–Kier alpha value is -0.180. The summed E-state index contributed by atoms with van der Waals surface area (Å²) in [5.41, 5.74) is 0. The monoisotopic (exact) mass is 918 g/mol. The van der Waals surface area contributed by atoms with Crippen molar-refractivity contribution in [1.29, 1.82) is 0 Å². The van der Waals surface area contributed by atoms with Crippen LogP contribution in [0.25, 0.3) is 0 Å². The molecule has 0 heterocycles. The molecule has 3 heteroatoms. The SMILES string of the molecule is CCCCCCCCCCCCCCCCCCCCCCCCCCCCCCN(CCCCCCCCCCCCCCCCCCCCCCCCCCCCCC)C(=O)S. The van der Waals surface area contributed by atoms with Gasteiger partial charge in [0, 0.05) is 13.1 Å². The van der Waals surface area contributed by atoms with Gasteiger partial charge in [-0.05, 0) is 12.8 Å². The van der Waals surface area contributed by atoms with Crippen LogP contribution in [-0.4, -0.2) is 23.2 Å². The van der Waals surface area contributed by atoms with Crippen molar-refractivity contribution in [2.75, 3.05) is 13.1 Å². The molecule has 0 N–H and O–H groups in total. The van der Waals surface area contributed by atoms with Gasteiger partial charge in [-0.3, -0.25) is 4.79 Å². The van der Waals surface area contributed by atoms with E-state index in [4.69, 9.17) is 0 Å². The molecule has 0 aliphatic rings. The number of hydrogen-bond donors (Lipinski definition) is 1. The Kier molecular flexibility index (Phi) is 58.8. The lowest BCUT2D eigenvalue weighted by Crippen LogP contribution is -2.28. The van der Waals surface area contributed by atoms with Gasteiger partial charge in [0.2, 0.25) is 0 Å². The molecule has 0 aliphatic heterocycles. The van der Waals surface area contributed by atoms with E-state index in [-0.39, 0.29) is 5.24 Å². The normalized spacial score (nSPS) is 11.6. The van der Waals surface area contributed by atoms with Crippen LogP contribution in [0.15, 0.2) is 0 Å². The standard InChI is InChI=1S/C61H123NOS/c1-3-5-7-9-11-13-15-17-19-21-23-25-27-29-31-33-35-37-39-41-43-45-47-49-51-53-55-57-59-62(61(63)64)60-58-56-54-52-50-48-46-44-42-40-38-36-34-32-30-28-26-24-22-20-18-16-14-12-10-8-6-4-2/h3-60H2,1-2H3,(H,63,64). The van der Waals surface area contributed by atoms with Gasteiger partial charge in [-0.25, -0.2) is 0 Å². The molecule has 0 fully saturated rings. The summed E-state index contributed by atoms with van der Waals surface area (Å²) < 4.78 is 0. The number of rotatable bonds is 58. The average Bonchev–Trinajstić information content (AvgIpc) is 3.30. The van der Waals surface area contributed by atoms with Gasteiger partial charge in [0.05, 0.1) is 0 Å². The minimum atomic E-state index is -0.0185. The summed E-state index contributed by atoms with van der Waals surface area (Å²) in [6.45, 7) is 6.42. The van der Waals surface area contributed by atoms with Crippen molar-refractivity contribution in [2.24, 2.45) is 0 Å². The summed E-state index contributed by atoms with van der Waals surface area (Å²) in [5, 5.41) is -0.0185. The lowest BCUT2D eigenvalue weighted by Gasteiger charge is -2.20. The van der Waals surface area contributed by atoms with Crippen molar-refractivity contribution in [3.63, 3.8) is 0 Å². The van der Waals surface area contributed by atoms with Crippen LogP contribution in [0.3, 0.4) is 0 Å². The second kappa shape index (κ2) is 58.9. The largest absolute Gasteiger partial charge is 0.334 e. The first-order valence-electron chi connectivity index (χ1n) is 30.7. The van der Waals surface area contributed by atoms with Crippen LogP contribution in [0.4, 0.5) is 4.79 Å². The third kappa shape index (κ3) is 56.1. The highest BCUT2D eigenvalue weighted by Crippen LogP contribution is 2.19. The van der Waals surface area contributed by atoms with Gasteiger partial charge in [-0.15, -0.1) is 0 Å². The second-order valence-corrected chi connectivity index (χ2v) is 21.7. The maximum Gasteiger partial charge on any atom is 0.278 e. The van der Waals surface area contributed by atoms with Gasteiger partial charge in [-0.1, -0.05) is 373 Å². The van der Waals surface area contributed by atoms with Crippen LogP contribution in [0.5, 0.6) is 0 Å². The van der Waals surface area contributed by atoms with Crippen molar-refractivity contribution in [3.05, 3.63) is 0 Å². The third-order valence-corrected chi connectivity index (χ3v) is 15.1. The highest BCUT2D eigenvalue weighted by Gasteiger charge is 2.09. The lowest BCUT2D eigenvalue weighted by molar-refractivity contribution is 0.220. The third-order valence-electron chi connectivity index (χ3n) is 14.8. The molecule has 0 aromatic carbocycles. The van der Waals surface area contributed by atoms with E-state index in [0.29, 0.717) is 0 Å². The number of thiol groups is 1. The van der Waals surface area contributed by atoms with Gasteiger partial charge in [0.15, 0.2) is 0 Å². The molecule has 0 rings (SSSR count). The maximum atomic E-state index is 12.1. The Balaban J connectivity index is 3.29. The zero-order valence-corrected chi connectivity index (χ0v) is 45.7. The van der Waals surface area contributed by atoms with E-state index in [1.165, 1.54) is 347 Å². The smallest absolute Gasteiger partial charge is 0.278 e. The molecule has 64 heavy (non-hydrogen) atoms. The number of hydrogen-bond acceptors (Lipinski definition) is 1. The summed E-state index contributed by atoms with van der Waals surface area (Å²) in [6.07, 6.45) is 80.2. The van der Waals surface area contributed by atoms with E-state index >= 15 is 0 Å². The molecular weight excluding hydrogens is 795 g/mol. The van der Waals surface area contributed by atoms with Crippen LogP contribution in [0.2, 0.25) is 0 Å². The quantitative estimate of drug-likeness (QED) is 0.0476. The first-order valence-corrected chi connectivity index (χ1v) is 31.1. The van der Waals surface area contributed by atoms with Gasteiger partial charge in [0.1, 0.15) is 0 Å². The summed E-state index contributed by atoms with van der Waals surface area (Å²) >= 11 is 4.20. The lowest BCUT2D eigenvalue weighted by atomic mass is 10.0. The van der Waals surface area contributed by atoms with E-state index < -0.39 is 0 Å². The molecule has 0 atom stereocenters. The van der Waals surface area contributed by atoms with Crippen molar-refractivity contribution < 1.29 is 4.79 Å². The zero-order valence-electron chi connectivity index (χ0n) is 44.8. The summed E-state index contributed by atoms with van der Waals surface area (Å²) in [7, 11) is 0. The fraction of sp³-hybridized carbons (Fsp3) is 0.984. The highest BCUT2D eigenvalue weighted by atomic mass is 32.1. The van der Waals surface area contributed by atoms with Gasteiger partial charge < -0.3 is 4.90 Å². The zero-order chi connectivity index (χ0) is 46.2. The Morgan fingerprint density at radius 1 is 0.219 bits per heavy atom. The predicted octanol–water partition coefficient (Wildman–Crippen LogP) is 23.2. The number of amides is 1. The molecule has 384 valence electrons. The van der Waals surface area contributed by atoms with Crippen LogP contribution in [0, 0.1) is 0 Å². The highest BCUT2D eigenvalue weighted by molar-refractivity contribution is 7.96. The Morgan fingerprint density at radius 3 is 0.438 bits per heavy atom. The van der Waals surface area contributed by atoms with E-state index in [2.05, 4.69) is 26.5 Å². The van der Waals surface area contributed by atoms with E-state index in [9.17, 15) is 4.79 Å². The molecular formula is C61H123NOS. The van der Waals surface area contributed by atoms with Crippen LogP contribution in [-0.2, 0) is 0 Å². The molecule has 1 amide bonds. The second-order valence-electron chi connectivity index (χ2n) is 21.4. The Morgan fingerprint density at radius 2 is 0.328 bits per heavy atom. The fourth-order valence-electron chi connectivity index (χ4n) is 10.2. The van der Waals surface area contributed by atoms with Crippen molar-refractivity contribution in [2.45, 2.75) is 373 Å². The van der Waals surface area contributed by atoms with E-state index in [1.807, 2.05) is 4.90 Å². The van der Waals surface area contributed by atoms with E-state index in [1.54, 1.807) is 0 Å². The number of nitrogens with zero attached hydrogens (tertiary/aromatic N) is 1. The molecule has 0 unspecified atom stereocenters. The molecule has 0 radical (unpaired) electrons. The number of unbranched alkanes of at least 4 members (excludes halogenated alkanes) is 54. The minimum Gasteiger partial charge on any atom is -0.334 e. The topological polar surface area (TPSA) is 20.3 Å². The number of carbonyl (C=O) groups excluding carboxylic acids is 1. The predicted molar refractivity (Wildman–Crippen MR) is 296 cm³/mol. The first kappa shape index (κ1) is 63.8. The first-order chi connectivity index (χ1) is 31.7. The van der Waals surface area contributed by atoms with Crippen molar-refractivity contribution >= 4 is 17.9 Å². The minimum absolute atomic E-state index is 0.0185. The van der Waals surface area contributed by atoms with Gasteiger partial charge >= 0.3 is 0 Å². The van der Waals surface area contributed by atoms with Crippen LogP contribution >= 0.6 is 12.6 Å². The Labute approximate surface area is 412 Å². The molecule has 0 aromatic rings. The number of carbonyl (C=O) groups is 1. The Bertz CT molecular complexity index is 771. The molecule has 2 nitrogen and oxygen atoms in total. The molecule has 0 bridgehead atoms. The van der Waals surface area contributed by atoms with Crippen molar-refractivity contribution in [3.8, 4) is 0 Å². The molecule has 0 aromatic heterocycles. The van der Waals surface area contributed by atoms with Gasteiger partial charge in [-0.2, -0.15) is 0 Å². The van der Waals surface area contributed by atoms with Crippen LogP contribution < -0.4 is 0 Å². The van der Waals surface area contributed by atoms with Crippen LogP contribution in [0.1, 0.15) is 373 Å². The van der Waals surface area contributed by atoms with Crippen molar-refractivity contribution in [1.82, 2.24) is 4.90 Å². The summed E-state index contributed by atoms with van der Waals surface area (Å²) in [5.74, 6) is 0. The maximum absolute atomic E-state index is 12.1. The molecule has 0 aliphatic carbocycles.